The van der Waals surface area contributed by atoms with Crippen LogP contribution in [0.1, 0.15) is 17.7 Å². The van der Waals surface area contributed by atoms with Gasteiger partial charge >= 0.3 is 6.09 Å². The van der Waals surface area contributed by atoms with Gasteiger partial charge in [-0.15, -0.1) is 11.3 Å². The number of rotatable bonds is 4. The molecule has 20 heavy (non-hydrogen) atoms. The minimum Gasteiger partial charge on any atom is -0.453 e. The number of likely N-dealkylation sites (tertiary alicyclic amines) is 1. The molecule has 0 saturated carbocycles. The third-order valence-electron chi connectivity index (χ3n) is 3.55. The van der Waals surface area contributed by atoms with E-state index in [4.69, 9.17) is 0 Å². The number of carbonyl (C=O) groups excluding carboxylic acids is 2. The summed E-state index contributed by atoms with van der Waals surface area (Å²) >= 11 is 1.71. The van der Waals surface area contributed by atoms with Crippen LogP contribution in [0.3, 0.4) is 0 Å². The highest BCUT2D eigenvalue weighted by atomic mass is 32.1. The molecule has 0 spiro atoms. The van der Waals surface area contributed by atoms with Gasteiger partial charge in [0.25, 0.3) is 0 Å². The Morgan fingerprint density at radius 2 is 2.20 bits per heavy atom. The Morgan fingerprint density at radius 3 is 2.80 bits per heavy atom. The van der Waals surface area contributed by atoms with Gasteiger partial charge < -0.3 is 15.0 Å². The SMILES string of the molecule is COC(=O)N1CCC(C(=O)NCCc2cccs2)CC1. The number of ether oxygens (including phenoxy) is 1. The topological polar surface area (TPSA) is 58.6 Å². The zero-order valence-electron chi connectivity index (χ0n) is 11.6. The summed E-state index contributed by atoms with van der Waals surface area (Å²) < 4.78 is 4.68. The number of carbonyl (C=O) groups is 2. The fraction of sp³-hybridized carbons (Fsp3) is 0.571. The van der Waals surface area contributed by atoms with Crippen molar-refractivity contribution in [2.75, 3.05) is 26.7 Å². The van der Waals surface area contributed by atoms with Crippen LogP contribution < -0.4 is 5.32 Å². The van der Waals surface area contributed by atoms with Crippen molar-refractivity contribution < 1.29 is 14.3 Å². The van der Waals surface area contributed by atoms with Crippen molar-refractivity contribution in [3.8, 4) is 0 Å². The molecule has 0 aromatic carbocycles. The van der Waals surface area contributed by atoms with Gasteiger partial charge in [0.1, 0.15) is 0 Å². The molecule has 1 aliphatic heterocycles. The van der Waals surface area contributed by atoms with Crippen LogP contribution in [0.4, 0.5) is 4.79 Å². The number of hydrogen-bond acceptors (Lipinski definition) is 4. The predicted octanol–water partition coefficient (Wildman–Crippen LogP) is 1.89. The Hall–Kier alpha value is -1.56. The normalized spacial score (nSPS) is 15.9. The van der Waals surface area contributed by atoms with Gasteiger partial charge in [-0.3, -0.25) is 4.79 Å². The first-order valence-corrected chi connectivity index (χ1v) is 7.71. The average molecular weight is 296 g/mol. The molecule has 1 aromatic heterocycles. The molecule has 2 heterocycles. The number of hydrogen-bond donors (Lipinski definition) is 1. The Morgan fingerprint density at radius 1 is 1.45 bits per heavy atom. The zero-order chi connectivity index (χ0) is 14.4. The standard InChI is InChI=1S/C14H20N2O3S/c1-19-14(18)16-8-5-11(6-9-16)13(17)15-7-4-12-3-2-10-20-12/h2-3,10-11H,4-9H2,1H3,(H,15,17). The van der Waals surface area contributed by atoms with Crippen molar-refractivity contribution in [2.24, 2.45) is 5.92 Å². The molecule has 1 fully saturated rings. The van der Waals surface area contributed by atoms with Crippen LogP contribution in [0.2, 0.25) is 0 Å². The lowest BCUT2D eigenvalue weighted by atomic mass is 9.96. The van der Waals surface area contributed by atoms with E-state index in [1.54, 1.807) is 16.2 Å². The second-order valence-electron chi connectivity index (χ2n) is 4.85. The Labute approximate surface area is 122 Å². The highest BCUT2D eigenvalue weighted by Crippen LogP contribution is 2.18. The molecule has 0 atom stereocenters. The summed E-state index contributed by atoms with van der Waals surface area (Å²) in [6, 6.07) is 4.09. The lowest BCUT2D eigenvalue weighted by Crippen LogP contribution is -2.43. The van der Waals surface area contributed by atoms with Gasteiger partial charge in [-0.05, 0) is 30.7 Å². The summed E-state index contributed by atoms with van der Waals surface area (Å²) in [7, 11) is 1.38. The summed E-state index contributed by atoms with van der Waals surface area (Å²) in [6.07, 6.45) is 1.99. The molecule has 0 unspecified atom stereocenters. The number of amides is 2. The Balaban J connectivity index is 1.68. The molecule has 0 bridgehead atoms. The van der Waals surface area contributed by atoms with E-state index in [0.717, 1.165) is 6.42 Å². The summed E-state index contributed by atoms with van der Waals surface area (Å²) in [6.45, 7) is 1.86. The van der Waals surface area contributed by atoms with Crippen LogP contribution in [-0.4, -0.2) is 43.6 Å². The number of nitrogens with one attached hydrogen (secondary N) is 1. The van der Waals surface area contributed by atoms with Crippen LogP contribution in [-0.2, 0) is 16.0 Å². The first kappa shape index (κ1) is 14.8. The zero-order valence-corrected chi connectivity index (χ0v) is 12.4. The summed E-state index contributed by atoms with van der Waals surface area (Å²) in [5.74, 6) is 0.116. The Kier molecular flexibility index (Phi) is 5.40. The lowest BCUT2D eigenvalue weighted by Gasteiger charge is -2.30. The van der Waals surface area contributed by atoms with Crippen molar-refractivity contribution in [1.29, 1.82) is 0 Å². The highest BCUT2D eigenvalue weighted by molar-refractivity contribution is 7.09. The van der Waals surface area contributed by atoms with Gasteiger partial charge in [0.2, 0.25) is 5.91 Å². The smallest absolute Gasteiger partial charge is 0.409 e. The molecule has 1 aliphatic rings. The average Bonchev–Trinajstić information content (AvgIpc) is 2.99. The van der Waals surface area contributed by atoms with Gasteiger partial charge in [-0.25, -0.2) is 4.79 Å². The second kappa shape index (κ2) is 7.28. The number of piperidine rings is 1. The summed E-state index contributed by atoms with van der Waals surface area (Å²) in [5.41, 5.74) is 0. The van der Waals surface area contributed by atoms with E-state index in [0.29, 0.717) is 32.5 Å². The van der Waals surface area contributed by atoms with Crippen molar-refractivity contribution in [3.63, 3.8) is 0 Å². The van der Waals surface area contributed by atoms with Crippen molar-refractivity contribution in [2.45, 2.75) is 19.3 Å². The van der Waals surface area contributed by atoms with Gasteiger partial charge in [0.05, 0.1) is 7.11 Å². The number of thiophene rings is 1. The van der Waals surface area contributed by atoms with Crippen LogP contribution in [0.15, 0.2) is 17.5 Å². The fourth-order valence-electron chi connectivity index (χ4n) is 2.36. The molecular weight excluding hydrogens is 276 g/mol. The largest absolute Gasteiger partial charge is 0.453 e. The fourth-order valence-corrected chi connectivity index (χ4v) is 3.07. The molecule has 1 saturated heterocycles. The monoisotopic (exact) mass is 296 g/mol. The van der Waals surface area contributed by atoms with Crippen LogP contribution in [0, 0.1) is 5.92 Å². The maximum absolute atomic E-state index is 12.0. The first-order chi connectivity index (χ1) is 9.70. The maximum Gasteiger partial charge on any atom is 0.409 e. The molecule has 110 valence electrons. The van der Waals surface area contributed by atoms with Crippen LogP contribution >= 0.6 is 11.3 Å². The predicted molar refractivity (Wildman–Crippen MR) is 77.7 cm³/mol. The van der Waals surface area contributed by atoms with Gasteiger partial charge in [0, 0.05) is 30.4 Å². The number of methoxy groups -OCH3 is 1. The third kappa shape index (κ3) is 3.96. The van der Waals surface area contributed by atoms with E-state index in [1.165, 1.54) is 12.0 Å². The van der Waals surface area contributed by atoms with E-state index in [1.807, 2.05) is 11.4 Å². The molecule has 0 radical (unpaired) electrons. The van der Waals surface area contributed by atoms with Crippen LogP contribution in [0.25, 0.3) is 0 Å². The van der Waals surface area contributed by atoms with E-state index in [9.17, 15) is 9.59 Å². The summed E-state index contributed by atoms with van der Waals surface area (Å²) in [4.78, 5) is 26.3. The third-order valence-corrected chi connectivity index (χ3v) is 4.49. The van der Waals surface area contributed by atoms with Crippen molar-refractivity contribution in [1.82, 2.24) is 10.2 Å². The molecule has 0 aliphatic carbocycles. The molecule has 1 aromatic rings. The highest BCUT2D eigenvalue weighted by Gasteiger charge is 2.27. The lowest BCUT2D eigenvalue weighted by molar-refractivity contribution is -0.126. The van der Waals surface area contributed by atoms with E-state index in [-0.39, 0.29) is 17.9 Å². The Bertz CT molecular complexity index is 439. The van der Waals surface area contributed by atoms with Gasteiger partial charge in [-0.2, -0.15) is 0 Å². The van der Waals surface area contributed by atoms with Crippen molar-refractivity contribution >= 4 is 23.3 Å². The van der Waals surface area contributed by atoms with Gasteiger partial charge in [-0.1, -0.05) is 6.07 Å². The first-order valence-electron chi connectivity index (χ1n) is 6.83. The minimum atomic E-state index is -0.304. The molecule has 2 rings (SSSR count). The van der Waals surface area contributed by atoms with E-state index in [2.05, 4.69) is 16.1 Å². The molecule has 2 amide bonds. The second-order valence-corrected chi connectivity index (χ2v) is 5.88. The quantitative estimate of drug-likeness (QED) is 0.923. The van der Waals surface area contributed by atoms with Crippen molar-refractivity contribution in [3.05, 3.63) is 22.4 Å². The summed E-state index contributed by atoms with van der Waals surface area (Å²) in [5, 5.41) is 5.02. The molecule has 6 heteroatoms. The molecule has 5 nitrogen and oxygen atoms in total. The van der Waals surface area contributed by atoms with E-state index < -0.39 is 0 Å². The van der Waals surface area contributed by atoms with Crippen LogP contribution in [0.5, 0.6) is 0 Å². The maximum atomic E-state index is 12.0. The number of nitrogens with zero attached hydrogens (tertiary/aromatic N) is 1. The molecular formula is C14H20N2O3S. The molecule has 1 N–H and O–H groups in total. The minimum absolute atomic E-state index is 0.0132. The van der Waals surface area contributed by atoms with Gasteiger partial charge in [0.15, 0.2) is 0 Å². The van der Waals surface area contributed by atoms with E-state index >= 15 is 0 Å².